The van der Waals surface area contributed by atoms with Crippen LogP contribution in [0.25, 0.3) is 382 Å². The van der Waals surface area contributed by atoms with Crippen molar-refractivity contribution in [2.75, 3.05) is 13.6 Å². The van der Waals surface area contributed by atoms with Crippen molar-refractivity contribution in [1.29, 1.82) is 0 Å². The number of H-pyrrole nitrogens is 2. The highest BCUT2D eigenvalue weighted by Gasteiger charge is 2.76. The van der Waals surface area contributed by atoms with Crippen LogP contribution in [-0.4, -0.2) is 53.6 Å². The van der Waals surface area contributed by atoms with Crippen LogP contribution in [0.3, 0.4) is 0 Å². The molecule has 7 aliphatic rings. The summed E-state index contributed by atoms with van der Waals surface area (Å²) in [6.45, 7) is 54.4. The quantitative estimate of drug-likeness (QED) is 0.118. The lowest BCUT2D eigenvalue weighted by Gasteiger charge is -2.52. The minimum atomic E-state index is -2.39. The zero-order valence-electron chi connectivity index (χ0n) is 87.6. The third-order valence-corrected chi connectivity index (χ3v) is 61.7. The van der Waals surface area contributed by atoms with Crippen molar-refractivity contribution >= 4 is 363 Å². The van der Waals surface area contributed by atoms with Crippen molar-refractivity contribution in [1.82, 2.24) is 24.8 Å². The van der Waals surface area contributed by atoms with E-state index in [9.17, 15) is 0 Å². The van der Waals surface area contributed by atoms with Gasteiger partial charge in [-0.25, -0.2) is 9.97 Å². The van der Waals surface area contributed by atoms with Crippen molar-refractivity contribution in [3.05, 3.63) is 211 Å². The van der Waals surface area contributed by atoms with Crippen LogP contribution < -0.4 is 10.4 Å². The van der Waals surface area contributed by atoms with Crippen LogP contribution >= 0.6 is 0 Å². The molecule has 3 aliphatic heterocycles. The molecular formula is C141H99N5Si2. The van der Waals surface area contributed by atoms with Gasteiger partial charge in [-0.05, 0) is 462 Å². The van der Waals surface area contributed by atoms with Gasteiger partial charge in [-0.15, -0.1) is 0 Å². The van der Waals surface area contributed by atoms with Crippen molar-refractivity contribution in [3.8, 4) is 44.5 Å². The molecule has 1 saturated heterocycles. The van der Waals surface area contributed by atoms with Gasteiger partial charge in [0, 0.05) is 56.9 Å². The maximum atomic E-state index is 6.10. The maximum Gasteiger partial charge on any atom is 0.0791 e. The molecule has 0 amide bonds. The minimum Gasteiger partial charge on any atom is -0.354 e. The first-order chi connectivity index (χ1) is 70.7. The lowest BCUT2D eigenvalue weighted by molar-refractivity contribution is 0.271. The lowest BCUT2D eigenvalue weighted by atomic mass is 9.47. The molecule has 8 bridgehead atoms. The highest BCUT2D eigenvalue weighted by molar-refractivity contribution is 7.50. The normalized spacial score (nSPS) is 18.8. The van der Waals surface area contributed by atoms with Crippen LogP contribution in [0.15, 0.2) is 127 Å². The van der Waals surface area contributed by atoms with Gasteiger partial charge in [0.2, 0.25) is 0 Å². The van der Waals surface area contributed by atoms with Crippen LogP contribution in [0.4, 0.5) is 0 Å². The third-order valence-electron chi connectivity index (χ3n) is 43.9. The van der Waals surface area contributed by atoms with Crippen LogP contribution in [0.1, 0.15) is 215 Å². The molecule has 6 heterocycles. The predicted molar refractivity (Wildman–Crippen MR) is 643 cm³/mol. The van der Waals surface area contributed by atoms with E-state index in [1.54, 1.807) is 318 Å². The average Bonchev–Trinajstić information content (AvgIpc) is 1.38. The number of hydrogen-bond acceptors (Lipinski definition) is 3. The Morgan fingerprint density at radius 3 is 0.635 bits per heavy atom. The van der Waals surface area contributed by atoms with E-state index in [1.807, 2.05) is 0 Å². The lowest BCUT2D eigenvalue weighted by Crippen LogP contribution is -2.69. The summed E-state index contributed by atoms with van der Waals surface area (Å²) >= 11 is 0. The molecule has 2 N–H and O–H groups in total. The third kappa shape index (κ3) is 6.79. The van der Waals surface area contributed by atoms with Gasteiger partial charge >= 0.3 is 0 Å². The van der Waals surface area contributed by atoms with Gasteiger partial charge in [0.15, 0.2) is 0 Å². The number of nitrogens with zero attached hydrogens (tertiary/aromatic N) is 3. The Morgan fingerprint density at radius 1 is 0.236 bits per heavy atom. The molecule has 148 heavy (non-hydrogen) atoms. The molecule has 0 saturated carbocycles. The first-order valence-electron chi connectivity index (χ1n) is 55.1. The van der Waals surface area contributed by atoms with Crippen LogP contribution in [0.5, 0.6) is 0 Å². The van der Waals surface area contributed by atoms with Crippen LogP contribution in [-0.2, 0) is 43.3 Å². The van der Waals surface area contributed by atoms with Gasteiger partial charge < -0.3 is 9.97 Å². The fourth-order valence-electron chi connectivity index (χ4n) is 37.7. The van der Waals surface area contributed by atoms with Crippen molar-refractivity contribution < 1.29 is 0 Å². The number of rotatable bonds is 8. The number of benzene rings is 23. The smallest absolute Gasteiger partial charge is 0.0791 e. The Morgan fingerprint density at radius 2 is 0.426 bits per heavy atom. The molecule has 2 spiro atoms. The maximum absolute atomic E-state index is 6.10. The standard InChI is InChI=1S/C141H99N5Si2/c1-134(2,3)55-40-52(41-56(46-55)135(4,5)6)72-65-34-32-63(142-65)71(64-33-35-66(143-64)73(53-42-57(136(7,8)9)47-58(43-53)137(10,11)12)68-37-39-70(145-68)74(69-38-36-67(72)144-69)54-44-59(138(13,14)15)48-60(45-54)139(16,17)18)50-24-28-61(29-25-50)147(20,21)148(22,23)62-30-26-51(27-31-62)133-141-131-125-119-109-97-89-81-77-75-76-79-83(81)91(97)101-95-87(79)88-80(76)84-82-78(75)86-85(77)93-99(89)107-113-103(93)104-94(86)100-90(82)98-92(84)102-96(88)106-105(95)117(111(101)119)127(131)128-118(106)112(102)120-110(98)116-108(100)114(104)122-121(113)129(123(125)115(107)109)140(141,49-146(133)19)130(122)124(116)126(120)132(128)141/h24-48,133,142,145H,49H2,1-23H3. The zero-order chi connectivity index (χ0) is 98.3. The van der Waals surface area contributed by atoms with Gasteiger partial charge in [0.25, 0.3) is 0 Å². The van der Waals surface area contributed by atoms with Crippen molar-refractivity contribution in [2.45, 2.75) is 200 Å². The van der Waals surface area contributed by atoms with Crippen LogP contribution in [0.2, 0.25) is 26.2 Å². The molecule has 43 rings (SSSR count). The second kappa shape index (κ2) is 21.0. The molecular weight excluding hydrogens is 1820 g/mol. The first-order valence-corrected chi connectivity index (χ1v) is 62.1. The summed E-state index contributed by atoms with van der Waals surface area (Å²) in [6.07, 6.45) is 9.24. The van der Waals surface area contributed by atoms with Gasteiger partial charge in [-0.3, -0.25) is 4.90 Å². The number of fused-ring (bicyclic) bond motifs is 8. The highest BCUT2D eigenvalue weighted by atomic mass is 29.3. The number of nitrogens with one attached hydrogen (secondary N) is 2. The molecule has 0 radical (unpaired) electrons. The second-order valence-corrected chi connectivity index (χ2v) is 71.8. The van der Waals surface area contributed by atoms with E-state index in [0.29, 0.717) is 0 Å². The Bertz CT molecular complexity index is 12200. The van der Waals surface area contributed by atoms with Gasteiger partial charge in [-0.1, -0.05) is 264 Å². The number of hydrogen-bond donors (Lipinski definition) is 2. The summed E-state index contributed by atoms with van der Waals surface area (Å²) in [5.41, 5.74) is 31.3. The van der Waals surface area contributed by atoms with E-state index in [1.165, 1.54) is 44.1 Å². The molecule has 7 heteroatoms. The molecule has 3 aromatic heterocycles. The summed E-state index contributed by atoms with van der Waals surface area (Å²) < 4.78 is 0. The summed E-state index contributed by atoms with van der Waals surface area (Å²) in [6, 6.07) is 52.6. The summed E-state index contributed by atoms with van der Waals surface area (Å²) in [5.74, 6) is 0. The van der Waals surface area contributed by atoms with Gasteiger partial charge in [0.1, 0.15) is 0 Å². The first kappa shape index (κ1) is 77.0. The summed E-state index contributed by atoms with van der Waals surface area (Å²) in [7, 11) is -2.15. The average molecular weight is 1920 g/mol. The van der Waals surface area contributed by atoms with Crippen LogP contribution in [0, 0.1) is 0 Å². The van der Waals surface area contributed by atoms with E-state index >= 15 is 0 Å². The molecule has 4 aliphatic carbocycles. The highest BCUT2D eigenvalue weighted by Crippen LogP contribution is 2.88. The largest absolute Gasteiger partial charge is 0.354 e. The van der Waals surface area contributed by atoms with E-state index in [0.717, 1.165) is 95.9 Å². The molecule has 1 fully saturated rings. The SMILES string of the molecule is CN1CC23c4c5c6c7c8c9c(c%10c%11c2c2c4c4c%12c5c5c6c6c8c8c%13c9c9c%10c%10c%11c%11c2c2c4c4c%12c%12c5c5c6c8c6c8c%13c9c9c%10c%10c%11c2c2c4c4c%12c5c6c5c8c9c%10c2c45)C73C1c1ccc([Si](C)(C)[Si](C)(C)c2ccc(-c3c4nc(c(-c5cc(C(C)(C)C)cc(C(C)(C)C)c5)c5ccc([nH]5)c(-c5cc(C(C)(C)C)cc(C(C)(C)C)c5)c5nc(c(-c6cc(C(C)(C)C)cc(C(C)(C)C)c6)c6ccc3[nH]6)C=C5)C=C4)cc2)cc1. The number of aromatic nitrogens is 4. The van der Waals surface area contributed by atoms with E-state index in [2.05, 4.69) is 324 Å². The molecule has 36 aromatic rings. The molecule has 33 aromatic carbocycles. The monoisotopic (exact) mass is 1920 g/mol. The second-order valence-electron chi connectivity index (χ2n) is 56.6. The van der Waals surface area contributed by atoms with E-state index in [-0.39, 0.29) is 43.9 Å². The molecule has 1 atom stereocenters. The fraction of sp³-hybridized carbons (Fsp3) is 0.234. The number of likely N-dealkylation sites (N-methyl/N-ethyl adjacent to an activating group) is 1. The van der Waals surface area contributed by atoms with Crippen molar-refractivity contribution in [2.24, 2.45) is 0 Å². The van der Waals surface area contributed by atoms with E-state index in [4.69, 9.17) is 9.97 Å². The summed E-state index contributed by atoms with van der Waals surface area (Å²) in [5, 5.41) is 92.6. The van der Waals surface area contributed by atoms with Crippen molar-refractivity contribution in [3.63, 3.8) is 0 Å². The number of aromatic amines is 2. The topological polar surface area (TPSA) is 60.6 Å². The Kier molecular flexibility index (Phi) is 10.9. The molecule has 1 unspecified atom stereocenters. The Balaban J connectivity index is 0.523. The Labute approximate surface area is 850 Å². The fourth-order valence-corrected chi connectivity index (χ4v) is 46.5. The van der Waals surface area contributed by atoms with E-state index < -0.39 is 20.6 Å². The molecule has 5 nitrogen and oxygen atoms in total. The summed E-state index contributed by atoms with van der Waals surface area (Å²) in [4.78, 5) is 23.7. The predicted octanol–water partition coefficient (Wildman–Crippen LogP) is 37.0. The Hall–Kier alpha value is -14.4. The van der Waals surface area contributed by atoms with Gasteiger partial charge in [0.05, 0.1) is 48.8 Å². The number of likely N-dealkylation sites (tertiary alicyclic amines) is 1. The van der Waals surface area contributed by atoms with Gasteiger partial charge in [-0.2, -0.15) is 0 Å². The molecule has 696 valence electrons. The minimum absolute atomic E-state index is 0.0494. The zero-order valence-corrected chi connectivity index (χ0v) is 89.6.